The van der Waals surface area contributed by atoms with Crippen molar-refractivity contribution in [1.29, 1.82) is 0 Å². The van der Waals surface area contributed by atoms with Crippen molar-refractivity contribution in [2.75, 3.05) is 0 Å². The zero-order valence-corrected chi connectivity index (χ0v) is 15.9. The summed E-state index contributed by atoms with van der Waals surface area (Å²) < 4.78 is 11.4. The van der Waals surface area contributed by atoms with E-state index in [1.807, 2.05) is 69.3 Å². The second kappa shape index (κ2) is 9.51. The second-order valence-electron chi connectivity index (χ2n) is 6.70. The van der Waals surface area contributed by atoms with Gasteiger partial charge in [-0.25, -0.2) is 0 Å². The van der Waals surface area contributed by atoms with Crippen LogP contribution in [0.5, 0.6) is 11.5 Å². The molecule has 0 saturated carbocycles. The van der Waals surface area contributed by atoms with Crippen LogP contribution in [0.4, 0.5) is 0 Å². The van der Waals surface area contributed by atoms with Crippen LogP contribution in [0, 0.1) is 42.4 Å². The minimum atomic E-state index is -0.803. The van der Waals surface area contributed by atoms with Crippen LogP contribution < -0.4 is 4.74 Å². The van der Waals surface area contributed by atoms with Crippen LogP contribution in [0.1, 0.15) is 32.4 Å². The van der Waals surface area contributed by atoms with E-state index in [0.29, 0.717) is 17.1 Å². The fourth-order valence-electron chi connectivity index (χ4n) is 2.92. The maximum absolute atomic E-state index is 12.7. The molecule has 3 unspecified atom stereocenters. The number of para-hydroxylation sites is 1. The average Bonchev–Trinajstić information content (AvgIpc) is 2.66. The van der Waals surface area contributed by atoms with Crippen LogP contribution in [-0.2, 0) is 9.53 Å². The Morgan fingerprint density at radius 2 is 1.59 bits per heavy atom. The van der Waals surface area contributed by atoms with Gasteiger partial charge < -0.3 is 9.47 Å². The molecule has 0 amide bonds. The molecule has 2 aromatic carbocycles. The zero-order valence-electron chi connectivity index (χ0n) is 15.9. The van der Waals surface area contributed by atoms with E-state index in [1.54, 1.807) is 6.07 Å². The normalized spacial score (nSPS) is 13.7. The number of carbonyl (C=O) groups is 1. The molecule has 0 radical (unpaired) electrons. The molecule has 2 rings (SSSR count). The first-order valence-electron chi connectivity index (χ1n) is 8.92. The van der Waals surface area contributed by atoms with Gasteiger partial charge in [0.05, 0.1) is 5.92 Å². The Kier molecular flexibility index (Phi) is 7.09. The predicted octanol–water partition coefficient (Wildman–Crippen LogP) is 5.24. The molecule has 0 spiro atoms. The van der Waals surface area contributed by atoms with Gasteiger partial charge in [-0.1, -0.05) is 57.0 Å². The molecule has 0 saturated heterocycles. The molecule has 0 aliphatic rings. The van der Waals surface area contributed by atoms with Gasteiger partial charge in [0.25, 0.3) is 0 Å². The minimum Gasteiger partial charge on any atom is -0.457 e. The van der Waals surface area contributed by atoms with Crippen LogP contribution >= 0.6 is 0 Å². The van der Waals surface area contributed by atoms with E-state index in [4.69, 9.17) is 22.3 Å². The molecule has 27 heavy (non-hydrogen) atoms. The van der Waals surface area contributed by atoms with Crippen molar-refractivity contribution in [3.05, 3.63) is 60.2 Å². The van der Waals surface area contributed by atoms with Gasteiger partial charge in [0.15, 0.2) is 6.10 Å². The molecule has 0 N–H and O–H groups in total. The number of rotatable bonds is 7. The lowest BCUT2D eigenvalue weighted by Crippen LogP contribution is -2.29. The van der Waals surface area contributed by atoms with Gasteiger partial charge >= 0.3 is 5.97 Å². The molecule has 0 fully saturated rings. The summed E-state index contributed by atoms with van der Waals surface area (Å²) in [6.45, 7) is 5.73. The van der Waals surface area contributed by atoms with E-state index in [2.05, 4.69) is 11.8 Å². The largest absolute Gasteiger partial charge is 0.457 e. The molecule has 3 nitrogen and oxygen atoms in total. The Balaban J connectivity index is 2.18. The van der Waals surface area contributed by atoms with Crippen molar-refractivity contribution in [3.63, 3.8) is 0 Å². The SMILES string of the molecule is C#CC(OC(=O)C(C(C)C)C(C)C#C)c1cccc(Oc2ccccc2)c1. The van der Waals surface area contributed by atoms with E-state index in [-0.39, 0.29) is 17.8 Å². The lowest BCUT2D eigenvalue weighted by Gasteiger charge is -2.24. The summed E-state index contributed by atoms with van der Waals surface area (Å²) in [4.78, 5) is 12.7. The van der Waals surface area contributed by atoms with E-state index in [9.17, 15) is 4.79 Å². The summed E-state index contributed by atoms with van der Waals surface area (Å²) in [5.74, 6) is 5.52. The molecule has 138 valence electrons. The smallest absolute Gasteiger partial charge is 0.312 e. The van der Waals surface area contributed by atoms with Crippen molar-refractivity contribution >= 4 is 5.97 Å². The van der Waals surface area contributed by atoms with E-state index < -0.39 is 12.0 Å². The average molecular weight is 360 g/mol. The quantitative estimate of drug-likeness (QED) is 0.500. The van der Waals surface area contributed by atoms with Gasteiger partial charge in [-0.05, 0) is 30.2 Å². The zero-order chi connectivity index (χ0) is 19.8. The molecule has 3 heteroatoms. The summed E-state index contributed by atoms with van der Waals surface area (Å²) >= 11 is 0. The Morgan fingerprint density at radius 1 is 0.926 bits per heavy atom. The standard InChI is InChI=1S/C24H24O3/c1-6-18(5)23(17(3)4)24(25)27-22(7-2)19-12-11-15-21(16-19)26-20-13-9-8-10-14-20/h1-2,8-18,22-23H,3-5H3. The number of ether oxygens (including phenoxy) is 2. The van der Waals surface area contributed by atoms with Gasteiger partial charge in [-0.3, -0.25) is 4.79 Å². The molecule has 0 heterocycles. The van der Waals surface area contributed by atoms with Crippen LogP contribution in [-0.4, -0.2) is 5.97 Å². The minimum absolute atomic E-state index is 0.0507. The van der Waals surface area contributed by atoms with Crippen LogP contribution in [0.3, 0.4) is 0 Å². The summed E-state index contributed by atoms with van der Waals surface area (Å²) in [7, 11) is 0. The van der Waals surface area contributed by atoms with Crippen molar-refractivity contribution in [3.8, 4) is 36.2 Å². The number of esters is 1. The highest BCUT2D eigenvalue weighted by atomic mass is 16.5. The van der Waals surface area contributed by atoms with Gasteiger partial charge in [0.2, 0.25) is 0 Å². The Hall–Kier alpha value is -3.17. The highest BCUT2D eigenvalue weighted by Gasteiger charge is 2.30. The van der Waals surface area contributed by atoms with Crippen molar-refractivity contribution in [2.24, 2.45) is 17.8 Å². The van der Waals surface area contributed by atoms with E-state index >= 15 is 0 Å². The van der Waals surface area contributed by atoms with E-state index in [1.165, 1.54) is 0 Å². The van der Waals surface area contributed by atoms with E-state index in [0.717, 1.165) is 0 Å². The number of hydrogen-bond donors (Lipinski definition) is 0. The maximum Gasteiger partial charge on any atom is 0.312 e. The van der Waals surface area contributed by atoms with Gasteiger partial charge in [0.1, 0.15) is 11.5 Å². The van der Waals surface area contributed by atoms with Crippen LogP contribution in [0.25, 0.3) is 0 Å². The Bertz CT molecular complexity index is 840. The van der Waals surface area contributed by atoms with Crippen molar-refractivity contribution < 1.29 is 14.3 Å². The summed E-state index contributed by atoms with van der Waals surface area (Å²) in [5, 5.41) is 0. The molecule has 0 aliphatic carbocycles. The lowest BCUT2D eigenvalue weighted by atomic mass is 9.85. The molecule has 0 bridgehead atoms. The number of hydrogen-bond acceptors (Lipinski definition) is 3. The first-order chi connectivity index (χ1) is 13.0. The topological polar surface area (TPSA) is 35.5 Å². The third-order valence-corrected chi connectivity index (χ3v) is 4.32. The first-order valence-corrected chi connectivity index (χ1v) is 8.92. The number of carbonyl (C=O) groups excluding carboxylic acids is 1. The predicted molar refractivity (Wildman–Crippen MR) is 107 cm³/mol. The molecular formula is C24H24O3. The highest BCUT2D eigenvalue weighted by molar-refractivity contribution is 5.74. The van der Waals surface area contributed by atoms with Gasteiger partial charge in [-0.15, -0.1) is 18.8 Å². The third kappa shape index (κ3) is 5.40. The fourth-order valence-corrected chi connectivity index (χ4v) is 2.92. The van der Waals surface area contributed by atoms with Crippen molar-refractivity contribution in [1.82, 2.24) is 0 Å². The monoisotopic (exact) mass is 360 g/mol. The number of benzene rings is 2. The first kappa shape index (κ1) is 20.1. The molecule has 0 aromatic heterocycles. The molecule has 2 aromatic rings. The third-order valence-electron chi connectivity index (χ3n) is 4.32. The second-order valence-corrected chi connectivity index (χ2v) is 6.70. The summed E-state index contributed by atoms with van der Waals surface area (Å²) in [5.41, 5.74) is 0.676. The lowest BCUT2D eigenvalue weighted by molar-refractivity contribution is -0.154. The Morgan fingerprint density at radius 3 is 2.19 bits per heavy atom. The summed E-state index contributed by atoms with van der Waals surface area (Å²) in [6, 6.07) is 16.6. The van der Waals surface area contributed by atoms with Crippen LogP contribution in [0.15, 0.2) is 54.6 Å². The molecule has 0 aliphatic heterocycles. The van der Waals surface area contributed by atoms with Gasteiger partial charge in [-0.2, -0.15) is 0 Å². The Labute approximate surface area is 161 Å². The highest BCUT2D eigenvalue weighted by Crippen LogP contribution is 2.29. The molecular weight excluding hydrogens is 336 g/mol. The number of terminal acetylenes is 2. The van der Waals surface area contributed by atoms with Crippen LogP contribution in [0.2, 0.25) is 0 Å². The summed E-state index contributed by atoms with van der Waals surface area (Å²) in [6.07, 6.45) is 10.3. The maximum atomic E-state index is 12.7. The van der Waals surface area contributed by atoms with Crippen molar-refractivity contribution in [2.45, 2.75) is 26.9 Å². The fraction of sp³-hybridized carbons (Fsp3) is 0.292. The molecule has 3 atom stereocenters. The van der Waals surface area contributed by atoms with Gasteiger partial charge in [0, 0.05) is 11.5 Å².